The second-order valence-corrected chi connectivity index (χ2v) is 10.0. The van der Waals surface area contributed by atoms with E-state index in [9.17, 15) is 13.6 Å². The number of halogens is 2. The average molecular weight is 540 g/mol. The quantitative estimate of drug-likeness (QED) is 0.254. The van der Waals surface area contributed by atoms with Crippen molar-refractivity contribution in [3.05, 3.63) is 77.2 Å². The van der Waals surface area contributed by atoms with Gasteiger partial charge in [-0.25, -0.2) is 13.8 Å². The maximum absolute atomic E-state index is 14.4. The molecule has 1 aliphatic rings. The number of benzene rings is 2. The highest BCUT2D eigenvalue weighted by molar-refractivity contribution is 5.94. The molecule has 0 saturated heterocycles. The molecule has 0 unspecified atom stereocenters. The van der Waals surface area contributed by atoms with Gasteiger partial charge in [-0.1, -0.05) is 38.5 Å². The molecule has 0 aliphatic heterocycles. The maximum atomic E-state index is 14.4. The predicted molar refractivity (Wildman–Crippen MR) is 149 cm³/mol. The predicted octanol–water partition coefficient (Wildman–Crippen LogP) is 4.92. The number of rotatable bonds is 14. The number of hydrogen-bond donors (Lipinski definition) is 3. The van der Waals surface area contributed by atoms with Gasteiger partial charge in [-0.15, -0.1) is 0 Å². The Bertz CT molecular complexity index is 1230. The van der Waals surface area contributed by atoms with E-state index in [-0.39, 0.29) is 11.9 Å². The van der Waals surface area contributed by atoms with Crippen LogP contribution in [0.5, 0.6) is 0 Å². The lowest BCUT2D eigenvalue weighted by molar-refractivity contribution is -0.118. The molecule has 3 aromatic rings. The SMILES string of the molecule is CCCOCCNCc1ccccc1-n1cnc(NC(=O)[C@H](CCC)N[C@H]2CCc3cc(F)cc(F)c3C2)c1. The molecule has 7 nitrogen and oxygen atoms in total. The normalized spacial score (nSPS) is 15.6. The van der Waals surface area contributed by atoms with Gasteiger partial charge in [0.1, 0.15) is 18.0 Å². The largest absolute Gasteiger partial charge is 0.380 e. The van der Waals surface area contributed by atoms with Gasteiger partial charge in [0.2, 0.25) is 5.91 Å². The Morgan fingerprint density at radius 1 is 1.18 bits per heavy atom. The summed E-state index contributed by atoms with van der Waals surface area (Å²) in [4.78, 5) is 17.6. The molecule has 0 bridgehead atoms. The minimum Gasteiger partial charge on any atom is -0.380 e. The summed E-state index contributed by atoms with van der Waals surface area (Å²) in [5, 5.41) is 9.78. The van der Waals surface area contributed by atoms with Gasteiger partial charge in [0, 0.05) is 31.8 Å². The molecule has 4 rings (SSSR count). The third-order valence-corrected chi connectivity index (χ3v) is 6.99. The van der Waals surface area contributed by atoms with Crippen LogP contribution >= 0.6 is 0 Å². The summed E-state index contributed by atoms with van der Waals surface area (Å²) in [6.45, 7) is 7.01. The molecule has 1 heterocycles. The van der Waals surface area contributed by atoms with Crippen molar-refractivity contribution in [1.29, 1.82) is 0 Å². The summed E-state index contributed by atoms with van der Waals surface area (Å²) >= 11 is 0. The fourth-order valence-corrected chi connectivity index (χ4v) is 5.05. The van der Waals surface area contributed by atoms with Gasteiger partial charge in [0.25, 0.3) is 0 Å². The van der Waals surface area contributed by atoms with E-state index >= 15 is 0 Å². The van der Waals surface area contributed by atoms with Crippen LogP contribution < -0.4 is 16.0 Å². The molecule has 39 heavy (non-hydrogen) atoms. The van der Waals surface area contributed by atoms with E-state index in [1.807, 2.05) is 35.9 Å². The Morgan fingerprint density at radius 3 is 2.85 bits per heavy atom. The van der Waals surface area contributed by atoms with Crippen molar-refractivity contribution in [3.63, 3.8) is 0 Å². The van der Waals surface area contributed by atoms with E-state index < -0.39 is 17.7 Å². The number of imidazole rings is 1. The zero-order chi connectivity index (χ0) is 27.6. The number of carbonyl (C=O) groups excluding carboxylic acids is 1. The maximum Gasteiger partial charge on any atom is 0.242 e. The molecule has 2 aromatic carbocycles. The highest BCUT2D eigenvalue weighted by Gasteiger charge is 2.27. The minimum absolute atomic E-state index is 0.0657. The number of carbonyl (C=O) groups is 1. The van der Waals surface area contributed by atoms with Gasteiger partial charge in [-0.3, -0.25) is 4.79 Å². The average Bonchev–Trinajstić information content (AvgIpc) is 3.39. The van der Waals surface area contributed by atoms with Crippen LogP contribution in [0.3, 0.4) is 0 Å². The fraction of sp³-hybridized carbons (Fsp3) is 0.467. The molecule has 2 atom stereocenters. The van der Waals surface area contributed by atoms with Crippen molar-refractivity contribution in [2.45, 2.75) is 71.0 Å². The van der Waals surface area contributed by atoms with E-state index in [4.69, 9.17) is 4.74 Å². The van der Waals surface area contributed by atoms with E-state index in [0.717, 1.165) is 43.3 Å². The minimum atomic E-state index is -0.545. The fourth-order valence-electron chi connectivity index (χ4n) is 5.05. The monoisotopic (exact) mass is 539 g/mol. The van der Waals surface area contributed by atoms with Crippen LogP contribution in [0.25, 0.3) is 5.69 Å². The second-order valence-electron chi connectivity index (χ2n) is 10.0. The van der Waals surface area contributed by atoms with Crippen LogP contribution in [0.15, 0.2) is 48.9 Å². The summed E-state index contributed by atoms with van der Waals surface area (Å²) in [5.41, 5.74) is 3.35. The van der Waals surface area contributed by atoms with Crippen LogP contribution in [-0.2, 0) is 28.9 Å². The Kier molecular flexibility index (Phi) is 10.6. The van der Waals surface area contributed by atoms with E-state index in [2.05, 4.69) is 33.9 Å². The van der Waals surface area contributed by atoms with Gasteiger partial charge in [0.05, 0.1) is 24.5 Å². The standard InChI is InChI=1S/C30H39F2N5O2/c1-3-7-27(35-24-11-10-21-15-23(31)16-26(32)25(21)17-24)30(38)36-29-19-37(20-34-29)28-9-6-5-8-22(28)18-33-12-14-39-13-4-2/h5-6,8-9,15-16,19-20,24,27,33,35H,3-4,7,10-14,17-18H2,1-2H3,(H,36,38)/t24-,27-/m0/s1. The molecule has 9 heteroatoms. The number of fused-ring (bicyclic) bond motifs is 1. The van der Waals surface area contributed by atoms with E-state index in [0.29, 0.717) is 55.8 Å². The molecular weight excluding hydrogens is 500 g/mol. The number of ether oxygens (including phenoxy) is 1. The summed E-state index contributed by atoms with van der Waals surface area (Å²) in [6, 6.07) is 9.90. The Hall–Kier alpha value is -3.14. The molecule has 0 spiro atoms. The van der Waals surface area contributed by atoms with Crippen LogP contribution in [0.4, 0.5) is 14.6 Å². The van der Waals surface area contributed by atoms with E-state index in [1.54, 1.807) is 6.33 Å². The first-order chi connectivity index (χ1) is 19.0. The molecule has 3 N–H and O–H groups in total. The number of para-hydroxylation sites is 1. The summed E-state index contributed by atoms with van der Waals surface area (Å²) < 4.78 is 35.4. The topological polar surface area (TPSA) is 80.2 Å². The molecule has 1 aliphatic carbocycles. The van der Waals surface area contributed by atoms with Crippen LogP contribution in [-0.4, -0.2) is 47.3 Å². The lowest BCUT2D eigenvalue weighted by Gasteiger charge is -2.29. The van der Waals surface area contributed by atoms with Gasteiger partial charge in [-0.2, -0.15) is 0 Å². The number of amides is 1. The van der Waals surface area contributed by atoms with Crippen molar-refractivity contribution in [2.24, 2.45) is 0 Å². The third kappa shape index (κ3) is 7.94. The number of aryl methyl sites for hydroxylation is 1. The first-order valence-corrected chi connectivity index (χ1v) is 13.9. The second kappa shape index (κ2) is 14.3. The summed E-state index contributed by atoms with van der Waals surface area (Å²) in [5.74, 6) is -0.765. The number of aromatic nitrogens is 2. The molecule has 0 fully saturated rings. The highest BCUT2D eigenvalue weighted by atomic mass is 19.1. The zero-order valence-corrected chi connectivity index (χ0v) is 22.8. The Balaban J connectivity index is 1.36. The smallest absolute Gasteiger partial charge is 0.242 e. The Morgan fingerprint density at radius 2 is 2.03 bits per heavy atom. The number of nitrogens with one attached hydrogen (secondary N) is 3. The van der Waals surface area contributed by atoms with Gasteiger partial charge in [0.15, 0.2) is 5.82 Å². The van der Waals surface area contributed by atoms with Crippen LogP contribution in [0.2, 0.25) is 0 Å². The number of anilines is 1. The van der Waals surface area contributed by atoms with E-state index in [1.165, 1.54) is 6.07 Å². The Labute approximate surface area is 229 Å². The summed E-state index contributed by atoms with van der Waals surface area (Å²) in [7, 11) is 0. The van der Waals surface area contributed by atoms with Gasteiger partial charge in [-0.05, 0) is 60.9 Å². The van der Waals surface area contributed by atoms with Crippen molar-refractivity contribution in [1.82, 2.24) is 20.2 Å². The summed E-state index contributed by atoms with van der Waals surface area (Å²) in [6.07, 6.45) is 7.69. The lowest BCUT2D eigenvalue weighted by Crippen LogP contribution is -2.48. The number of hydrogen-bond acceptors (Lipinski definition) is 5. The van der Waals surface area contributed by atoms with Crippen LogP contribution in [0.1, 0.15) is 56.2 Å². The third-order valence-electron chi connectivity index (χ3n) is 6.99. The van der Waals surface area contributed by atoms with Crippen molar-refractivity contribution in [3.8, 4) is 5.69 Å². The van der Waals surface area contributed by atoms with Crippen molar-refractivity contribution < 1.29 is 18.3 Å². The van der Waals surface area contributed by atoms with Crippen molar-refractivity contribution in [2.75, 3.05) is 25.1 Å². The zero-order valence-electron chi connectivity index (χ0n) is 22.8. The lowest BCUT2D eigenvalue weighted by atomic mass is 9.87. The molecule has 1 aromatic heterocycles. The van der Waals surface area contributed by atoms with Gasteiger partial charge < -0.3 is 25.3 Å². The molecule has 0 radical (unpaired) electrons. The molecule has 0 saturated carbocycles. The highest BCUT2D eigenvalue weighted by Crippen LogP contribution is 2.26. The molecular formula is C30H39F2N5O2. The first kappa shape index (κ1) is 28.9. The van der Waals surface area contributed by atoms with Crippen LogP contribution in [0, 0.1) is 11.6 Å². The first-order valence-electron chi connectivity index (χ1n) is 13.9. The van der Waals surface area contributed by atoms with Crippen molar-refractivity contribution >= 4 is 11.7 Å². The molecule has 210 valence electrons. The van der Waals surface area contributed by atoms with Gasteiger partial charge >= 0.3 is 0 Å². The number of nitrogens with zero attached hydrogens (tertiary/aromatic N) is 2. The molecule has 1 amide bonds.